The molecule has 1 heterocycles. The number of ether oxygens (including phenoxy) is 2. The maximum absolute atomic E-state index is 13.1. The largest absolute Gasteiger partial charge is 0.397 e. The number of nitrogens with one attached hydrogen (secondary N) is 1. The Labute approximate surface area is 448 Å². The van der Waals surface area contributed by atoms with E-state index in [1.54, 1.807) is 0 Å². The highest BCUT2D eigenvalue weighted by Gasteiger charge is 2.48. The van der Waals surface area contributed by atoms with E-state index in [4.69, 9.17) is 9.47 Å². The summed E-state index contributed by atoms with van der Waals surface area (Å²) in [6, 6.07) is -0.856. The molecule has 0 aromatic carbocycles. The number of amides is 1. The number of hydrogen-bond acceptors (Lipinski definition) is 10. The van der Waals surface area contributed by atoms with Gasteiger partial charge in [-0.05, 0) is 44.9 Å². The summed E-state index contributed by atoms with van der Waals surface area (Å²) in [5.74, 6) is -0.226. The van der Waals surface area contributed by atoms with Crippen LogP contribution in [0.3, 0.4) is 0 Å². The maximum Gasteiger partial charge on any atom is 0.397 e. The standard InChI is InChI=1S/C60H115NO11S/c1-3-5-7-9-11-13-15-17-18-19-20-21-22-23-24-25-26-27-28-29-30-31-32-33-34-35-36-38-40-42-44-46-48-50-56(64)61-53(54(63)49-47-45-43-41-39-37-16-14-12-10-8-6-4-2)52-70-60-58(66)59(72-73(67,68)69)57(65)55(51-62)71-60/h20-21,23-24,53-55,57-60,62-63,65-66H,3-19,22,25-52H2,1-2H3,(H,61,64)(H,67,68,69)/b21-20-,24-23-. The lowest BCUT2D eigenvalue weighted by molar-refractivity contribution is -0.298. The zero-order valence-corrected chi connectivity index (χ0v) is 47.8. The summed E-state index contributed by atoms with van der Waals surface area (Å²) in [6.07, 6.45) is 53.5. The second kappa shape index (κ2) is 50.1. The van der Waals surface area contributed by atoms with Gasteiger partial charge < -0.3 is 35.2 Å². The second-order valence-corrected chi connectivity index (χ2v) is 22.7. The van der Waals surface area contributed by atoms with E-state index < -0.39 is 59.9 Å². The normalized spacial score (nSPS) is 19.4. The summed E-state index contributed by atoms with van der Waals surface area (Å²) < 4.78 is 47.9. The van der Waals surface area contributed by atoms with E-state index in [-0.39, 0.29) is 12.5 Å². The van der Waals surface area contributed by atoms with Crippen molar-refractivity contribution in [3.8, 4) is 0 Å². The van der Waals surface area contributed by atoms with Crippen LogP contribution in [0.25, 0.3) is 0 Å². The average molecular weight is 1060 g/mol. The van der Waals surface area contributed by atoms with E-state index in [0.717, 1.165) is 57.8 Å². The third-order valence-corrected chi connectivity index (χ3v) is 15.2. The molecule has 1 saturated heterocycles. The van der Waals surface area contributed by atoms with Crippen LogP contribution in [0.15, 0.2) is 24.3 Å². The minimum Gasteiger partial charge on any atom is -0.394 e. The van der Waals surface area contributed by atoms with Crippen LogP contribution in [0.2, 0.25) is 0 Å². The quantitative estimate of drug-likeness (QED) is 0.0193. The molecule has 0 aromatic rings. The van der Waals surface area contributed by atoms with Crippen LogP contribution in [0, 0.1) is 0 Å². The molecule has 0 bridgehead atoms. The van der Waals surface area contributed by atoms with Crippen LogP contribution in [0.4, 0.5) is 0 Å². The molecular weight excluding hydrogens is 943 g/mol. The first-order valence-electron chi connectivity index (χ1n) is 30.7. The number of carbonyl (C=O) groups excluding carboxylic acids is 1. The Kier molecular flexibility index (Phi) is 47.8. The lowest BCUT2D eigenvalue weighted by Gasteiger charge is -2.41. The molecule has 432 valence electrons. The first-order valence-corrected chi connectivity index (χ1v) is 32.1. The topological polar surface area (TPSA) is 192 Å². The van der Waals surface area contributed by atoms with Crippen LogP contribution in [-0.2, 0) is 28.9 Å². The van der Waals surface area contributed by atoms with Crippen LogP contribution in [0.5, 0.6) is 0 Å². The van der Waals surface area contributed by atoms with Crippen LogP contribution < -0.4 is 5.32 Å². The van der Waals surface area contributed by atoms with Gasteiger partial charge in [-0.15, -0.1) is 0 Å². The first kappa shape index (κ1) is 69.6. The Morgan fingerprint density at radius 1 is 0.548 bits per heavy atom. The number of hydrogen-bond donors (Lipinski definition) is 6. The molecule has 13 heteroatoms. The number of carbonyl (C=O) groups is 1. The van der Waals surface area contributed by atoms with Crippen LogP contribution in [0.1, 0.15) is 296 Å². The van der Waals surface area contributed by atoms with Gasteiger partial charge in [-0.1, -0.05) is 269 Å². The van der Waals surface area contributed by atoms with Crippen molar-refractivity contribution in [1.29, 1.82) is 0 Å². The molecule has 12 nitrogen and oxygen atoms in total. The zero-order chi connectivity index (χ0) is 53.3. The summed E-state index contributed by atoms with van der Waals surface area (Å²) >= 11 is 0. The van der Waals surface area contributed by atoms with Gasteiger partial charge in [-0.3, -0.25) is 9.35 Å². The smallest absolute Gasteiger partial charge is 0.394 e. The zero-order valence-electron chi connectivity index (χ0n) is 47.0. The third kappa shape index (κ3) is 42.3. The molecule has 0 radical (unpaired) electrons. The fourth-order valence-corrected chi connectivity index (χ4v) is 10.5. The molecule has 0 saturated carbocycles. The second-order valence-electron chi connectivity index (χ2n) is 21.6. The van der Waals surface area contributed by atoms with E-state index >= 15 is 0 Å². The van der Waals surface area contributed by atoms with Gasteiger partial charge in [0.1, 0.15) is 24.4 Å². The number of aliphatic hydroxyl groups excluding tert-OH is 4. The Balaban J connectivity index is 2.20. The number of rotatable bonds is 54. The Morgan fingerprint density at radius 3 is 1.30 bits per heavy atom. The summed E-state index contributed by atoms with van der Waals surface area (Å²) in [4.78, 5) is 13.1. The molecule has 1 amide bonds. The lowest BCUT2D eigenvalue weighted by Crippen LogP contribution is -2.61. The molecule has 1 rings (SSSR count). The Morgan fingerprint density at radius 2 is 0.918 bits per heavy atom. The van der Waals surface area contributed by atoms with Crippen molar-refractivity contribution >= 4 is 16.3 Å². The van der Waals surface area contributed by atoms with Gasteiger partial charge in [0, 0.05) is 6.42 Å². The van der Waals surface area contributed by atoms with Gasteiger partial charge in [0.15, 0.2) is 6.29 Å². The summed E-state index contributed by atoms with van der Waals surface area (Å²) in [5.41, 5.74) is 0. The highest BCUT2D eigenvalue weighted by molar-refractivity contribution is 7.80. The van der Waals surface area contributed by atoms with Gasteiger partial charge in [0.25, 0.3) is 0 Å². The lowest BCUT2D eigenvalue weighted by atomic mass is 9.99. The molecule has 7 unspecified atom stereocenters. The fraction of sp³-hybridized carbons (Fsp3) is 0.917. The predicted molar refractivity (Wildman–Crippen MR) is 301 cm³/mol. The maximum atomic E-state index is 13.1. The van der Waals surface area contributed by atoms with Gasteiger partial charge in [-0.25, -0.2) is 4.18 Å². The summed E-state index contributed by atoms with van der Waals surface area (Å²) in [6.45, 7) is 3.48. The van der Waals surface area contributed by atoms with Gasteiger partial charge in [-0.2, -0.15) is 8.42 Å². The van der Waals surface area contributed by atoms with Crippen molar-refractivity contribution in [3.05, 3.63) is 24.3 Å². The van der Waals surface area contributed by atoms with Crippen molar-refractivity contribution in [2.24, 2.45) is 0 Å². The Bertz CT molecular complexity index is 1380. The monoisotopic (exact) mass is 1060 g/mol. The van der Waals surface area contributed by atoms with Crippen molar-refractivity contribution in [2.45, 2.75) is 339 Å². The fourth-order valence-electron chi connectivity index (χ4n) is 10.0. The minimum atomic E-state index is -5.08. The summed E-state index contributed by atoms with van der Waals surface area (Å²) in [7, 11) is -5.08. The van der Waals surface area contributed by atoms with E-state index in [1.807, 2.05) is 0 Å². The molecule has 0 aromatic heterocycles. The molecule has 6 N–H and O–H groups in total. The summed E-state index contributed by atoms with van der Waals surface area (Å²) in [5, 5.41) is 45.1. The Hall–Kier alpha value is -1.42. The highest BCUT2D eigenvalue weighted by atomic mass is 32.3. The molecule has 0 spiro atoms. The van der Waals surface area contributed by atoms with E-state index in [2.05, 4.69) is 47.7 Å². The average Bonchev–Trinajstić information content (AvgIpc) is 3.37. The molecule has 1 aliphatic rings. The van der Waals surface area contributed by atoms with Gasteiger partial charge in [0.2, 0.25) is 5.91 Å². The SMILES string of the molecule is CCCCCCCCCCC/C=C\C/C=C\CCCCCCCCCCCCCCCCCCCC(=O)NC(COC1OC(CO)C(O)C(OS(=O)(=O)O)C1O)C(O)CCCCCCCCCCCCCCC. The van der Waals surface area contributed by atoms with Crippen molar-refractivity contribution in [1.82, 2.24) is 5.32 Å². The van der Waals surface area contributed by atoms with Gasteiger partial charge >= 0.3 is 10.4 Å². The van der Waals surface area contributed by atoms with Crippen LogP contribution in [-0.4, -0.2) is 95.4 Å². The third-order valence-electron chi connectivity index (χ3n) is 14.8. The van der Waals surface area contributed by atoms with E-state index in [9.17, 15) is 38.2 Å². The van der Waals surface area contributed by atoms with Gasteiger partial charge in [0.05, 0.1) is 25.4 Å². The number of aliphatic hydroxyl groups is 4. The first-order chi connectivity index (χ1) is 35.5. The van der Waals surface area contributed by atoms with Crippen LogP contribution >= 0.6 is 0 Å². The molecule has 0 aliphatic carbocycles. The molecule has 73 heavy (non-hydrogen) atoms. The number of unbranched alkanes of at least 4 members (excludes halogenated alkanes) is 38. The highest BCUT2D eigenvalue weighted by Crippen LogP contribution is 2.26. The minimum absolute atomic E-state index is 0.226. The molecule has 7 atom stereocenters. The van der Waals surface area contributed by atoms with Crippen molar-refractivity contribution in [3.63, 3.8) is 0 Å². The molecule has 1 aliphatic heterocycles. The van der Waals surface area contributed by atoms with Crippen molar-refractivity contribution in [2.75, 3.05) is 13.2 Å². The van der Waals surface area contributed by atoms with Crippen molar-refractivity contribution < 1.29 is 51.8 Å². The molecular formula is C60H115NO11S. The number of allylic oxidation sites excluding steroid dienone is 4. The predicted octanol–water partition coefficient (Wildman–Crippen LogP) is 14.8. The molecule has 1 fully saturated rings. The van der Waals surface area contributed by atoms with E-state index in [0.29, 0.717) is 12.8 Å². The van der Waals surface area contributed by atoms with E-state index in [1.165, 1.54) is 212 Å².